The molecule has 0 amide bonds. The largest absolute Gasteiger partial charge is 0.457 e. The topological polar surface area (TPSA) is 39.4 Å². The van der Waals surface area contributed by atoms with Crippen molar-refractivity contribution >= 4 is 16.9 Å². The number of ether oxygens (including phenoxy) is 1. The highest BCUT2D eigenvalue weighted by Gasteiger charge is 2.21. The highest BCUT2D eigenvalue weighted by molar-refractivity contribution is 5.95. The second-order valence-electron chi connectivity index (χ2n) is 6.57. The number of benzene rings is 1. The van der Waals surface area contributed by atoms with E-state index in [9.17, 15) is 4.79 Å². The third-order valence-electron chi connectivity index (χ3n) is 3.54. The lowest BCUT2D eigenvalue weighted by molar-refractivity contribution is -0.870. The van der Waals surface area contributed by atoms with Gasteiger partial charge in [-0.15, -0.1) is 0 Å². The van der Waals surface area contributed by atoms with E-state index in [1.165, 1.54) is 0 Å². The third kappa shape index (κ3) is 3.85. The van der Waals surface area contributed by atoms with Crippen LogP contribution in [0.15, 0.2) is 28.7 Å². The van der Waals surface area contributed by atoms with Gasteiger partial charge in [-0.1, -0.05) is 18.2 Å². The Morgan fingerprint density at radius 1 is 1.29 bits per heavy atom. The van der Waals surface area contributed by atoms with Gasteiger partial charge in [-0.25, -0.2) is 4.79 Å². The van der Waals surface area contributed by atoms with Crippen molar-refractivity contribution in [2.45, 2.75) is 26.4 Å². The quantitative estimate of drug-likeness (QED) is 0.626. The molecule has 0 radical (unpaired) electrons. The third-order valence-corrected chi connectivity index (χ3v) is 3.54. The molecule has 1 heterocycles. The number of aryl methyl sites for hydroxylation is 1. The Labute approximate surface area is 125 Å². The van der Waals surface area contributed by atoms with Gasteiger partial charge in [-0.05, 0) is 19.9 Å². The summed E-state index contributed by atoms with van der Waals surface area (Å²) in [6, 6.07) is 7.64. The number of rotatable bonds is 5. The molecule has 1 aromatic carbocycles. The van der Waals surface area contributed by atoms with Crippen LogP contribution in [0.5, 0.6) is 0 Å². The van der Waals surface area contributed by atoms with Crippen LogP contribution in [-0.2, 0) is 4.74 Å². The lowest BCUT2D eigenvalue weighted by atomic mass is 10.1. The van der Waals surface area contributed by atoms with E-state index in [1.54, 1.807) is 0 Å². The predicted octanol–water partition coefficient (Wildman–Crippen LogP) is 3.38. The summed E-state index contributed by atoms with van der Waals surface area (Å²) in [4.78, 5) is 12.2. The minimum Gasteiger partial charge on any atom is -0.457 e. The van der Waals surface area contributed by atoms with Gasteiger partial charge in [0.2, 0.25) is 5.76 Å². The number of furan rings is 1. The first-order chi connectivity index (χ1) is 9.78. The minimum atomic E-state index is -0.377. The van der Waals surface area contributed by atoms with Crippen molar-refractivity contribution in [3.63, 3.8) is 0 Å². The Bertz CT molecular complexity index is 637. The Balaban J connectivity index is 2.07. The van der Waals surface area contributed by atoms with Crippen LogP contribution in [-0.4, -0.2) is 44.2 Å². The second-order valence-corrected chi connectivity index (χ2v) is 6.57. The van der Waals surface area contributed by atoms with Crippen molar-refractivity contribution in [2.75, 3.05) is 27.7 Å². The SMILES string of the molecule is Cc1c(C(=O)OC(C)CC[N+](C)(C)C)oc2ccccc12. The minimum absolute atomic E-state index is 0.123. The average Bonchev–Trinajstić information content (AvgIpc) is 2.74. The number of esters is 1. The van der Waals surface area contributed by atoms with E-state index < -0.39 is 0 Å². The maximum atomic E-state index is 12.2. The van der Waals surface area contributed by atoms with E-state index in [4.69, 9.17) is 9.15 Å². The molecule has 0 fully saturated rings. The first-order valence-corrected chi connectivity index (χ1v) is 7.27. The summed E-state index contributed by atoms with van der Waals surface area (Å²) in [7, 11) is 6.37. The van der Waals surface area contributed by atoms with Gasteiger partial charge in [0.15, 0.2) is 0 Å². The Morgan fingerprint density at radius 3 is 2.57 bits per heavy atom. The number of nitrogens with zero attached hydrogens (tertiary/aromatic N) is 1. The lowest BCUT2D eigenvalue weighted by Crippen LogP contribution is -2.37. The van der Waals surface area contributed by atoms with Crippen LogP contribution < -0.4 is 0 Å². The van der Waals surface area contributed by atoms with E-state index in [0.29, 0.717) is 5.76 Å². The van der Waals surface area contributed by atoms with E-state index in [0.717, 1.165) is 34.0 Å². The zero-order chi connectivity index (χ0) is 15.6. The lowest BCUT2D eigenvalue weighted by Gasteiger charge is -2.25. The summed E-state index contributed by atoms with van der Waals surface area (Å²) in [5.74, 6) is -0.0640. The fourth-order valence-corrected chi connectivity index (χ4v) is 2.23. The molecule has 1 unspecified atom stereocenters. The van der Waals surface area contributed by atoms with Crippen LogP contribution in [0.25, 0.3) is 11.0 Å². The molecule has 114 valence electrons. The number of fused-ring (bicyclic) bond motifs is 1. The van der Waals surface area contributed by atoms with Gasteiger partial charge in [-0.3, -0.25) is 0 Å². The van der Waals surface area contributed by atoms with Gasteiger partial charge in [0.25, 0.3) is 0 Å². The molecule has 4 heteroatoms. The highest BCUT2D eigenvalue weighted by atomic mass is 16.6. The second kappa shape index (κ2) is 5.90. The van der Waals surface area contributed by atoms with E-state index in [-0.39, 0.29) is 12.1 Å². The molecule has 21 heavy (non-hydrogen) atoms. The molecular weight excluding hydrogens is 266 g/mol. The molecule has 1 atom stereocenters. The summed E-state index contributed by atoms with van der Waals surface area (Å²) in [5, 5.41) is 0.962. The van der Waals surface area contributed by atoms with E-state index in [1.807, 2.05) is 38.1 Å². The predicted molar refractivity (Wildman–Crippen MR) is 83.3 cm³/mol. The van der Waals surface area contributed by atoms with Crippen molar-refractivity contribution in [1.29, 1.82) is 0 Å². The Hall–Kier alpha value is -1.81. The molecule has 0 aliphatic rings. The molecule has 4 nitrogen and oxygen atoms in total. The molecule has 0 saturated heterocycles. The first-order valence-electron chi connectivity index (χ1n) is 7.27. The van der Waals surface area contributed by atoms with Gasteiger partial charge in [-0.2, -0.15) is 0 Å². The van der Waals surface area contributed by atoms with Gasteiger partial charge >= 0.3 is 5.97 Å². The maximum absolute atomic E-state index is 12.2. The van der Waals surface area contributed by atoms with Crippen LogP contribution in [0.4, 0.5) is 0 Å². The van der Waals surface area contributed by atoms with Crippen LogP contribution in [0.3, 0.4) is 0 Å². The molecule has 0 spiro atoms. The summed E-state index contributed by atoms with van der Waals surface area (Å²) >= 11 is 0. The van der Waals surface area contributed by atoms with Crippen LogP contribution >= 0.6 is 0 Å². The smallest absolute Gasteiger partial charge is 0.374 e. The standard InChI is InChI=1S/C17H24NO3/c1-12(10-11-18(3,4)5)20-17(19)16-13(2)14-8-6-7-9-15(14)21-16/h6-9,12H,10-11H2,1-5H3/q+1. The van der Waals surface area contributed by atoms with Crippen molar-refractivity contribution < 1.29 is 18.4 Å². The van der Waals surface area contributed by atoms with E-state index in [2.05, 4.69) is 21.1 Å². The van der Waals surface area contributed by atoms with Crippen LogP contribution in [0.2, 0.25) is 0 Å². The molecule has 0 N–H and O–H groups in total. The average molecular weight is 290 g/mol. The number of carbonyl (C=O) groups excluding carboxylic acids is 1. The monoisotopic (exact) mass is 290 g/mol. The molecule has 2 aromatic rings. The van der Waals surface area contributed by atoms with Crippen molar-refractivity contribution in [2.24, 2.45) is 0 Å². The zero-order valence-electron chi connectivity index (χ0n) is 13.5. The molecule has 0 aliphatic heterocycles. The number of para-hydroxylation sites is 1. The van der Waals surface area contributed by atoms with Gasteiger partial charge in [0, 0.05) is 17.4 Å². The fourth-order valence-electron chi connectivity index (χ4n) is 2.23. The first kappa shape index (κ1) is 15.6. The van der Waals surface area contributed by atoms with Gasteiger partial charge in [0.1, 0.15) is 11.7 Å². The van der Waals surface area contributed by atoms with Crippen LogP contribution in [0.1, 0.15) is 29.5 Å². The molecule has 0 bridgehead atoms. The highest BCUT2D eigenvalue weighted by Crippen LogP contribution is 2.25. The Morgan fingerprint density at radius 2 is 1.95 bits per heavy atom. The summed E-state index contributed by atoms with van der Waals surface area (Å²) in [6.07, 6.45) is 0.705. The van der Waals surface area contributed by atoms with Crippen molar-refractivity contribution in [3.8, 4) is 0 Å². The summed E-state index contributed by atoms with van der Waals surface area (Å²) in [5.41, 5.74) is 1.57. The maximum Gasteiger partial charge on any atom is 0.374 e. The Kier molecular flexibility index (Phi) is 4.37. The van der Waals surface area contributed by atoms with Crippen molar-refractivity contribution in [3.05, 3.63) is 35.6 Å². The summed E-state index contributed by atoms with van der Waals surface area (Å²) < 4.78 is 12.0. The molecule has 1 aromatic heterocycles. The fraction of sp³-hybridized carbons (Fsp3) is 0.471. The summed E-state index contributed by atoms with van der Waals surface area (Å²) in [6.45, 7) is 4.76. The van der Waals surface area contributed by atoms with Gasteiger partial charge in [0.05, 0.1) is 27.7 Å². The molecule has 0 saturated carbocycles. The molecule has 2 rings (SSSR count). The zero-order valence-corrected chi connectivity index (χ0v) is 13.5. The normalized spacial score (nSPS) is 13.4. The van der Waals surface area contributed by atoms with Crippen molar-refractivity contribution in [1.82, 2.24) is 0 Å². The molecular formula is C17H24NO3+. The van der Waals surface area contributed by atoms with E-state index >= 15 is 0 Å². The van der Waals surface area contributed by atoms with Crippen LogP contribution in [0, 0.1) is 6.92 Å². The number of carbonyl (C=O) groups is 1. The molecule has 0 aliphatic carbocycles. The number of quaternary nitrogens is 1. The number of hydrogen-bond donors (Lipinski definition) is 0. The number of hydrogen-bond acceptors (Lipinski definition) is 3. The van der Waals surface area contributed by atoms with Gasteiger partial charge < -0.3 is 13.6 Å².